The van der Waals surface area contributed by atoms with E-state index in [9.17, 15) is 5.11 Å². The summed E-state index contributed by atoms with van der Waals surface area (Å²) in [6.45, 7) is 1.04. The lowest BCUT2D eigenvalue weighted by Gasteiger charge is -2.31. The quantitative estimate of drug-likeness (QED) is 0.896. The first-order valence-electron chi connectivity index (χ1n) is 7.09. The molecular weight excluding hydrogens is 320 g/mol. The first-order valence-corrected chi connectivity index (χ1v) is 7.89. The fraction of sp³-hybridized carbons (Fsp3) is 0.571. The Labute approximate surface area is 126 Å². The van der Waals surface area contributed by atoms with E-state index >= 15 is 0 Å². The summed E-state index contributed by atoms with van der Waals surface area (Å²) >= 11 is 3.39. The van der Waals surface area contributed by atoms with E-state index in [4.69, 9.17) is 0 Å². The van der Waals surface area contributed by atoms with Crippen molar-refractivity contribution in [3.05, 3.63) is 28.9 Å². The monoisotopic (exact) mass is 338 g/mol. The fourth-order valence-corrected chi connectivity index (χ4v) is 3.28. The van der Waals surface area contributed by atoms with Crippen molar-refractivity contribution in [2.75, 3.05) is 6.61 Å². The van der Waals surface area contributed by atoms with Crippen LogP contribution in [0.5, 0.6) is 0 Å². The molecule has 2 unspecified atom stereocenters. The second-order valence-corrected chi connectivity index (χ2v) is 6.21. The Morgan fingerprint density at radius 3 is 3.00 bits per heavy atom. The molecule has 2 aromatic rings. The Bertz CT molecular complexity index is 586. The normalized spacial score (nSPS) is 23.3. The van der Waals surface area contributed by atoms with Crippen LogP contribution in [0.3, 0.4) is 0 Å². The van der Waals surface area contributed by atoms with Gasteiger partial charge in [0.1, 0.15) is 4.60 Å². The lowest BCUT2D eigenvalue weighted by Crippen LogP contribution is -2.39. The molecule has 1 fully saturated rings. The molecule has 0 amide bonds. The second kappa shape index (κ2) is 6.20. The van der Waals surface area contributed by atoms with Crippen molar-refractivity contribution in [3.63, 3.8) is 0 Å². The summed E-state index contributed by atoms with van der Waals surface area (Å²) in [6.07, 6.45) is 10.3. The number of aliphatic hydroxyl groups excluding tert-OH is 1. The van der Waals surface area contributed by atoms with Crippen LogP contribution in [-0.4, -0.2) is 32.1 Å². The summed E-state index contributed by atoms with van der Waals surface area (Å²) in [5.41, 5.74) is 1.97. The van der Waals surface area contributed by atoms with Crippen LogP contribution in [0.15, 0.2) is 23.2 Å². The Morgan fingerprint density at radius 1 is 1.30 bits per heavy atom. The van der Waals surface area contributed by atoms with Gasteiger partial charge >= 0.3 is 0 Å². The van der Waals surface area contributed by atoms with Crippen molar-refractivity contribution in [1.29, 1.82) is 0 Å². The molecule has 108 valence electrons. The Hall–Kier alpha value is -0.980. The van der Waals surface area contributed by atoms with Crippen molar-refractivity contribution in [3.8, 4) is 0 Å². The van der Waals surface area contributed by atoms with Gasteiger partial charge in [0.25, 0.3) is 0 Å². The number of hydrogen-bond acceptors (Lipinski definition) is 4. The molecule has 2 atom stereocenters. The molecule has 1 aliphatic carbocycles. The molecule has 3 rings (SSSR count). The maximum atomic E-state index is 9.45. The van der Waals surface area contributed by atoms with Gasteiger partial charge in [-0.2, -0.15) is 0 Å². The minimum absolute atomic E-state index is 0.278. The van der Waals surface area contributed by atoms with Crippen molar-refractivity contribution < 1.29 is 5.11 Å². The van der Waals surface area contributed by atoms with E-state index in [1.807, 2.05) is 16.8 Å². The minimum Gasteiger partial charge on any atom is -0.396 e. The van der Waals surface area contributed by atoms with Gasteiger partial charge in [-0.25, -0.2) is 9.97 Å². The van der Waals surface area contributed by atoms with Crippen LogP contribution in [0.4, 0.5) is 0 Å². The van der Waals surface area contributed by atoms with Crippen LogP contribution in [0.1, 0.15) is 31.4 Å². The number of nitrogens with one attached hydrogen (secondary N) is 1. The third kappa shape index (κ3) is 2.87. The Morgan fingerprint density at radius 2 is 2.15 bits per heavy atom. The number of nitrogens with zero attached hydrogens (tertiary/aromatic N) is 3. The summed E-state index contributed by atoms with van der Waals surface area (Å²) < 4.78 is 2.84. The van der Waals surface area contributed by atoms with Crippen molar-refractivity contribution in [2.24, 2.45) is 5.92 Å². The van der Waals surface area contributed by atoms with Gasteiger partial charge in [0, 0.05) is 25.4 Å². The zero-order valence-corrected chi connectivity index (χ0v) is 12.9. The zero-order chi connectivity index (χ0) is 13.9. The molecule has 2 heterocycles. The minimum atomic E-state index is 0.278. The van der Waals surface area contributed by atoms with Gasteiger partial charge in [-0.1, -0.05) is 12.8 Å². The highest BCUT2D eigenvalue weighted by Crippen LogP contribution is 2.24. The van der Waals surface area contributed by atoms with Crippen LogP contribution in [-0.2, 0) is 6.54 Å². The highest BCUT2D eigenvalue weighted by atomic mass is 79.9. The third-order valence-electron chi connectivity index (χ3n) is 4.13. The van der Waals surface area contributed by atoms with Gasteiger partial charge in [0.2, 0.25) is 0 Å². The van der Waals surface area contributed by atoms with Crippen LogP contribution in [0.25, 0.3) is 5.65 Å². The first-order chi connectivity index (χ1) is 9.78. The highest BCUT2D eigenvalue weighted by molar-refractivity contribution is 9.10. The number of fused-ring (bicyclic) bond motifs is 1. The summed E-state index contributed by atoms with van der Waals surface area (Å²) in [7, 11) is 0. The second-order valence-electron chi connectivity index (χ2n) is 5.40. The molecule has 0 saturated heterocycles. The molecule has 20 heavy (non-hydrogen) atoms. The predicted octanol–water partition coefficient (Wildman–Crippen LogP) is 2.13. The molecule has 1 aliphatic rings. The Balaban J connectivity index is 1.71. The molecule has 2 N–H and O–H groups in total. The smallest absolute Gasteiger partial charge is 0.155 e. The van der Waals surface area contributed by atoms with Crippen molar-refractivity contribution in [2.45, 2.75) is 38.3 Å². The van der Waals surface area contributed by atoms with Gasteiger partial charge in [-0.15, -0.1) is 0 Å². The average Bonchev–Trinajstić information content (AvgIpc) is 2.87. The molecule has 0 spiro atoms. The lowest BCUT2D eigenvalue weighted by atomic mass is 9.85. The number of imidazole rings is 1. The molecule has 6 heteroatoms. The number of hydrogen-bond donors (Lipinski definition) is 2. The molecule has 0 aromatic carbocycles. The van der Waals surface area contributed by atoms with Crippen molar-refractivity contribution in [1.82, 2.24) is 19.7 Å². The lowest BCUT2D eigenvalue weighted by molar-refractivity contribution is 0.152. The van der Waals surface area contributed by atoms with Gasteiger partial charge in [0.15, 0.2) is 5.65 Å². The molecule has 0 aliphatic heterocycles. The molecular formula is C14H19BrN4O. The molecule has 0 bridgehead atoms. The first kappa shape index (κ1) is 14.0. The van der Waals surface area contributed by atoms with Gasteiger partial charge in [-0.05, 0) is 34.7 Å². The summed E-state index contributed by atoms with van der Waals surface area (Å²) in [5, 5.41) is 13.0. The van der Waals surface area contributed by atoms with Gasteiger partial charge in [-0.3, -0.25) is 4.40 Å². The van der Waals surface area contributed by atoms with Crippen molar-refractivity contribution >= 4 is 21.6 Å². The van der Waals surface area contributed by atoms with Crippen LogP contribution >= 0.6 is 15.9 Å². The molecule has 1 saturated carbocycles. The summed E-state index contributed by atoms with van der Waals surface area (Å²) in [4.78, 5) is 8.53. The van der Waals surface area contributed by atoms with Crippen LogP contribution in [0, 0.1) is 5.92 Å². The molecule has 0 radical (unpaired) electrons. The topological polar surface area (TPSA) is 62.5 Å². The SMILES string of the molecule is OCC1CCCCC1NCc1cnc2cnc(Br)cn12. The van der Waals surface area contributed by atoms with Gasteiger partial charge in [0.05, 0.1) is 18.1 Å². The highest BCUT2D eigenvalue weighted by Gasteiger charge is 2.24. The maximum absolute atomic E-state index is 9.45. The number of aromatic nitrogens is 3. The molecule has 5 nitrogen and oxygen atoms in total. The third-order valence-corrected chi connectivity index (χ3v) is 4.54. The predicted molar refractivity (Wildman–Crippen MR) is 80.4 cm³/mol. The summed E-state index contributed by atoms with van der Waals surface area (Å²) in [6, 6.07) is 0.407. The number of halogens is 1. The van der Waals surface area contributed by atoms with Crippen LogP contribution in [0.2, 0.25) is 0 Å². The standard InChI is InChI=1S/C14H19BrN4O/c15-13-8-19-11(6-18-14(19)7-17-13)5-16-12-4-2-1-3-10(12)9-20/h6-8,10,12,16,20H,1-5,9H2. The average molecular weight is 339 g/mol. The van der Waals surface area contributed by atoms with Gasteiger partial charge < -0.3 is 10.4 Å². The van der Waals surface area contributed by atoms with E-state index in [0.717, 1.165) is 35.3 Å². The van der Waals surface area contributed by atoms with E-state index in [0.29, 0.717) is 12.0 Å². The Kier molecular flexibility index (Phi) is 4.33. The summed E-state index contributed by atoms with van der Waals surface area (Å²) in [5.74, 6) is 0.385. The number of rotatable bonds is 4. The largest absolute Gasteiger partial charge is 0.396 e. The van der Waals surface area contributed by atoms with E-state index in [2.05, 4.69) is 31.2 Å². The van der Waals surface area contributed by atoms with E-state index < -0.39 is 0 Å². The fourth-order valence-electron chi connectivity index (χ4n) is 2.98. The maximum Gasteiger partial charge on any atom is 0.155 e. The number of aliphatic hydroxyl groups is 1. The molecule has 2 aromatic heterocycles. The zero-order valence-electron chi connectivity index (χ0n) is 11.3. The van der Waals surface area contributed by atoms with E-state index in [1.165, 1.54) is 12.8 Å². The van der Waals surface area contributed by atoms with E-state index in [1.54, 1.807) is 6.20 Å². The van der Waals surface area contributed by atoms with E-state index in [-0.39, 0.29) is 6.61 Å². The van der Waals surface area contributed by atoms with Crippen LogP contribution < -0.4 is 5.32 Å².